The summed E-state index contributed by atoms with van der Waals surface area (Å²) in [6.45, 7) is 13.7. The Balaban J connectivity index is 1.38. The topological polar surface area (TPSA) is 44.4 Å². The lowest BCUT2D eigenvalue weighted by Crippen LogP contribution is -2.47. The van der Waals surface area contributed by atoms with Crippen molar-refractivity contribution in [2.45, 2.75) is 32.7 Å². The number of aromatic nitrogens is 2. The zero-order valence-electron chi connectivity index (χ0n) is 15.7. The zero-order chi connectivity index (χ0) is 17.7. The van der Waals surface area contributed by atoms with Crippen LogP contribution in [0.3, 0.4) is 0 Å². The van der Waals surface area contributed by atoms with Crippen LogP contribution < -0.4 is 4.74 Å². The summed E-state index contributed by atoms with van der Waals surface area (Å²) in [5, 5.41) is 7.66. The van der Waals surface area contributed by atoms with Crippen molar-refractivity contribution >= 4 is 0 Å². The molecule has 0 unspecified atom stereocenters. The van der Waals surface area contributed by atoms with Gasteiger partial charge >= 0.3 is 0 Å². The molecule has 136 valence electrons. The van der Waals surface area contributed by atoms with Crippen molar-refractivity contribution in [1.29, 1.82) is 0 Å². The van der Waals surface area contributed by atoms with E-state index in [4.69, 9.17) is 4.74 Å². The molecule has 5 heteroatoms. The van der Waals surface area contributed by atoms with Gasteiger partial charge in [0.15, 0.2) is 0 Å². The summed E-state index contributed by atoms with van der Waals surface area (Å²) in [5.74, 6) is 0.954. The first-order valence-corrected chi connectivity index (χ1v) is 9.18. The maximum atomic E-state index is 5.80. The highest BCUT2D eigenvalue weighted by Crippen LogP contribution is 2.21. The van der Waals surface area contributed by atoms with Crippen LogP contribution in [0.25, 0.3) is 0 Å². The molecule has 0 radical (unpaired) electrons. The lowest BCUT2D eigenvalue weighted by atomic mass is 9.92. The number of rotatable bonds is 6. The summed E-state index contributed by atoms with van der Waals surface area (Å²) in [5.41, 5.74) is 2.46. The Hall–Kier alpha value is -1.85. The molecule has 1 aromatic carbocycles. The molecule has 1 aliphatic rings. The van der Waals surface area contributed by atoms with Gasteiger partial charge in [-0.1, -0.05) is 39.0 Å². The van der Waals surface area contributed by atoms with E-state index >= 15 is 0 Å². The number of piperazine rings is 1. The molecule has 3 rings (SSSR count). The number of nitrogens with zero attached hydrogens (tertiary/aromatic N) is 3. The van der Waals surface area contributed by atoms with Crippen LogP contribution in [-0.2, 0) is 12.0 Å². The third kappa shape index (κ3) is 5.31. The third-order valence-corrected chi connectivity index (χ3v) is 4.68. The van der Waals surface area contributed by atoms with E-state index in [1.165, 1.54) is 5.69 Å². The lowest BCUT2D eigenvalue weighted by Gasteiger charge is -2.34. The van der Waals surface area contributed by atoms with Crippen molar-refractivity contribution in [3.8, 4) is 5.75 Å². The number of hydrogen-bond donors (Lipinski definition) is 1. The summed E-state index contributed by atoms with van der Waals surface area (Å²) >= 11 is 0. The number of aromatic amines is 1. The van der Waals surface area contributed by atoms with Gasteiger partial charge in [0.05, 0.1) is 5.69 Å². The average molecular weight is 342 g/mol. The van der Waals surface area contributed by atoms with E-state index < -0.39 is 0 Å². The quantitative estimate of drug-likeness (QED) is 0.877. The highest BCUT2D eigenvalue weighted by Gasteiger charge is 2.20. The molecule has 1 aromatic heterocycles. The van der Waals surface area contributed by atoms with Crippen LogP contribution in [0.1, 0.15) is 32.2 Å². The Morgan fingerprint density at radius 3 is 2.36 bits per heavy atom. The summed E-state index contributed by atoms with van der Waals surface area (Å²) in [6.07, 6.45) is 0. The van der Waals surface area contributed by atoms with E-state index in [-0.39, 0.29) is 5.41 Å². The number of para-hydroxylation sites is 1. The SMILES string of the molecule is CC(C)(C)c1cc(CN2CCN(CCOc3ccccc3)CC2)[nH]n1. The molecule has 0 aliphatic carbocycles. The Labute approximate surface area is 151 Å². The highest BCUT2D eigenvalue weighted by molar-refractivity contribution is 5.20. The summed E-state index contributed by atoms with van der Waals surface area (Å²) in [4.78, 5) is 4.97. The standard InChI is InChI=1S/C20H30N4O/c1-20(2,3)19-15-17(21-22-19)16-24-11-9-23(10-12-24)13-14-25-18-7-5-4-6-8-18/h4-8,15H,9-14,16H2,1-3H3,(H,21,22). The number of nitrogens with one attached hydrogen (secondary N) is 1. The fraction of sp³-hybridized carbons (Fsp3) is 0.550. The Bertz CT molecular complexity index is 639. The molecule has 1 saturated heterocycles. The van der Waals surface area contributed by atoms with Crippen LogP contribution in [-0.4, -0.2) is 59.3 Å². The number of ether oxygens (including phenoxy) is 1. The maximum absolute atomic E-state index is 5.80. The molecule has 1 aliphatic heterocycles. The van der Waals surface area contributed by atoms with Gasteiger partial charge in [0.1, 0.15) is 12.4 Å². The summed E-state index contributed by atoms with van der Waals surface area (Å²) in [7, 11) is 0. The first-order chi connectivity index (χ1) is 12.0. The van der Waals surface area contributed by atoms with Gasteiger partial charge in [-0.3, -0.25) is 14.9 Å². The van der Waals surface area contributed by atoms with Gasteiger partial charge in [0, 0.05) is 50.4 Å². The van der Waals surface area contributed by atoms with Crippen LogP contribution in [0.15, 0.2) is 36.4 Å². The van der Waals surface area contributed by atoms with Crippen molar-refractivity contribution < 1.29 is 4.74 Å². The van der Waals surface area contributed by atoms with E-state index in [1.54, 1.807) is 0 Å². The molecule has 0 saturated carbocycles. The van der Waals surface area contributed by atoms with Crippen LogP contribution in [0.2, 0.25) is 0 Å². The van der Waals surface area contributed by atoms with Gasteiger partial charge in [-0.05, 0) is 18.2 Å². The van der Waals surface area contributed by atoms with E-state index in [1.807, 2.05) is 30.3 Å². The minimum atomic E-state index is 0.103. The molecule has 2 aromatic rings. The second kappa shape index (κ2) is 8.02. The van der Waals surface area contributed by atoms with Gasteiger partial charge in [-0.2, -0.15) is 5.10 Å². The van der Waals surface area contributed by atoms with Crippen LogP contribution in [0.4, 0.5) is 0 Å². The monoisotopic (exact) mass is 342 g/mol. The summed E-state index contributed by atoms with van der Waals surface area (Å²) in [6, 6.07) is 12.3. The lowest BCUT2D eigenvalue weighted by molar-refractivity contribution is 0.111. The molecule has 0 atom stereocenters. The highest BCUT2D eigenvalue weighted by atomic mass is 16.5. The van der Waals surface area contributed by atoms with E-state index in [0.29, 0.717) is 0 Å². The number of hydrogen-bond acceptors (Lipinski definition) is 4. The zero-order valence-corrected chi connectivity index (χ0v) is 15.7. The molecule has 5 nitrogen and oxygen atoms in total. The van der Waals surface area contributed by atoms with Gasteiger partial charge in [0.25, 0.3) is 0 Å². The van der Waals surface area contributed by atoms with Crippen molar-refractivity contribution in [3.05, 3.63) is 47.8 Å². The molecule has 1 fully saturated rings. The van der Waals surface area contributed by atoms with Gasteiger partial charge < -0.3 is 4.74 Å². The normalized spacial score (nSPS) is 16.9. The van der Waals surface area contributed by atoms with Gasteiger partial charge in [-0.25, -0.2) is 0 Å². The van der Waals surface area contributed by atoms with Gasteiger partial charge in [0.2, 0.25) is 0 Å². The molecule has 0 amide bonds. The first kappa shape index (κ1) is 18.0. The number of benzene rings is 1. The van der Waals surface area contributed by atoms with Crippen LogP contribution in [0.5, 0.6) is 5.75 Å². The largest absolute Gasteiger partial charge is 0.492 e. The van der Waals surface area contributed by atoms with E-state index in [2.05, 4.69) is 46.8 Å². The molecule has 25 heavy (non-hydrogen) atoms. The summed E-state index contributed by atoms with van der Waals surface area (Å²) < 4.78 is 5.80. The van der Waals surface area contributed by atoms with Crippen molar-refractivity contribution in [3.63, 3.8) is 0 Å². The second-order valence-corrected chi connectivity index (χ2v) is 7.81. The van der Waals surface area contributed by atoms with Crippen LogP contribution >= 0.6 is 0 Å². The third-order valence-electron chi connectivity index (χ3n) is 4.68. The van der Waals surface area contributed by atoms with Gasteiger partial charge in [-0.15, -0.1) is 0 Å². The van der Waals surface area contributed by atoms with Crippen molar-refractivity contribution in [1.82, 2.24) is 20.0 Å². The molecule has 1 N–H and O–H groups in total. The fourth-order valence-electron chi connectivity index (χ4n) is 3.05. The Kier molecular flexibility index (Phi) is 5.76. The Morgan fingerprint density at radius 1 is 1.04 bits per heavy atom. The van der Waals surface area contributed by atoms with Crippen molar-refractivity contribution in [2.24, 2.45) is 0 Å². The minimum Gasteiger partial charge on any atom is -0.492 e. The average Bonchev–Trinajstić information content (AvgIpc) is 3.06. The predicted octanol–water partition coefficient (Wildman–Crippen LogP) is 2.90. The van der Waals surface area contributed by atoms with Crippen LogP contribution in [0, 0.1) is 0 Å². The van der Waals surface area contributed by atoms with E-state index in [0.717, 1.165) is 57.3 Å². The minimum absolute atomic E-state index is 0.103. The molecular formula is C20H30N4O. The number of H-pyrrole nitrogens is 1. The molecule has 2 heterocycles. The second-order valence-electron chi connectivity index (χ2n) is 7.81. The maximum Gasteiger partial charge on any atom is 0.119 e. The molecular weight excluding hydrogens is 312 g/mol. The molecule has 0 spiro atoms. The van der Waals surface area contributed by atoms with Crippen molar-refractivity contribution in [2.75, 3.05) is 39.3 Å². The fourth-order valence-corrected chi connectivity index (χ4v) is 3.05. The van der Waals surface area contributed by atoms with E-state index in [9.17, 15) is 0 Å². The predicted molar refractivity (Wildman–Crippen MR) is 101 cm³/mol. The Morgan fingerprint density at radius 2 is 1.72 bits per heavy atom. The smallest absolute Gasteiger partial charge is 0.119 e. The molecule has 0 bridgehead atoms. The first-order valence-electron chi connectivity index (χ1n) is 9.18.